The first kappa shape index (κ1) is 17.7. The summed E-state index contributed by atoms with van der Waals surface area (Å²) in [5, 5.41) is 7.76. The van der Waals surface area contributed by atoms with Crippen LogP contribution in [0.5, 0.6) is 0 Å². The SMILES string of the molecule is CC(C)c1cc(-c2nccc3c4cccc5c6ccccc6n(c23)c54)cc2ccccc12. The van der Waals surface area contributed by atoms with Gasteiger partial charge in [-0.1, -0.05) is 74.5 Å². The zero-order chi connectivity index (χ0) is 21.4. The molecule has 4 aromatic carbocycles. The maximum absolute atomic E-state index is 4.96. The molecule has 2 heteroatoms. The van der Waals surface area contributed by atoms with Gasteiger partial charge in [0.15, 0.2) is 0 Å². The van der Waals surface area contributed by atoms with Crippen molar-refractivity contribution in [2.75, 3.05) is 0 Å². The molecule has 0 spiro atoms. The van der Waals surface area contributed by atoms with Gasteiger partial charge < -0.3 is 4.40 Å². The van der Waals surface area contributed by atoms with Gasteiger partial charge in [0.25, 0.3) is 0 Å². The number of hydrogen-bond acceptors (Lipinski definition) is 1. The number of fused-ring (bicyclic) bond motifs is 7. The van der Waals surface area contributed by atoms with Crippen LogP contribution in [0.1, 0.15) is 25.3 Å². The largest absolute Gasteiger partial charge is 0.306 e. The Bertz CT molecular complexity index is 1800. The van der Waals surface area contributed by atoms with Crippen molar-refractivity contribution >= 4 is 48.9 Å². The van der Waals surface area contributed by atoms with Crippen molar-refractivity contribution in [1.82, 2.24) is 9.38 Å². The maximum atomic E-state index is 4.96. The summed E-state index contributed by atoms with van der Waals surface area (Å²) < 4.78 is 2.43. The minimum Gasteiger partial charge on any atom is -0.306 e. The molecule has 0 aliphatic rings. The average molecular weight is 411 g/mol. The van der Waals surface area contributed by atoms with Crippen molar-refractivity contribution in [1.29, 1.82) is 0 Å². The van der Waals surface area contributed by atoms with Crippen molar-refractivity contribution in [3.63, 3.8) is 0 Å². The van der Waals surface area contributed by atoms with E-state index in [-0.39, 0.29) is 0 Å². The molecule has 0 fully saturated rings. The van der Waals surface area contributed by atoms with E-state index in [0.717, 1.165) is 5.69 Å². The lowest BCUT2D eigenvalue weighted by Gasteiger charge is -2.14. The third-order valence-corrected chi connectivity index (χ3v) is 6.92. The molecule has 0 saturated carbocycles. The molecule has 3 aromatic heterocycles. The van der Waals surface area contributed by atoms with E-state index in [9.17, 15) is 0 Å². The van der Waals surface area contributed by atoms with Crippen LogP contribution in [-0.4, -0.2) is 9.38 Å². The predicted octanol–water partition coefficient (Wildman–Crippen LogP) is 8.18. The van der Waals surface area contributed by atoms with Gasteiger partial charge in [0.2, 0.25) is 0 Å². The van der Waals surface area contributed by atoms with Gasteiger partial charge in [-0.05, 0) is 46.5 Å². The lowest BCUT2D eigenvalue weighted by atomic mass is 9.92. The molecule has 0 N–H and O–H groups in total. The van der Waals surface area contributed by atoms with E-state index in [2.05, 4.69) is 103 Å². The van der Waals surface area contributed by atoms with E-state index in [1.807, 2.05) is 6.20 Å². The Hall–Kier alpha value is -3.91. The molecule has 7 rings (SSSR count). The summed E-state index contributed by atoms with van der Waals surface area (Å²) in [5.74, 6) is 0.438. The monoisotopic (exact) mass is 410 g/mol. The second-order valence-corrected chi connectivity index (χ2v) is 9.05. The number of rotatable bonds is 2. The third-order valence-electron chi connectivity index (χ3n) is 6.92. The van der Waals surface area contributed by atoms with Gasteiger partial charge in [0.05, 0.1) is 22.2 Å². The molecule has 3 heterocycles. The van der Waals surface area contributed by atoms with E-state index >= 15 is 0 Å². The van der Waals surface area contributed by atoms with Crippen molar-refractivity contribution in [2.24, 2.45) is 0 Å². The molecule has 0 unspecified atom stereocenters. The number of para-hydroxylation sites is 2. The number of pyridine rings is 1. The van der Waals surface area contributed by atoms with Gasteiger partial charge in [0, 0.05) is 33.3 Å². The molecule has 0 saturated heterocycles. The van der Waals surface area contributed by atoms with Gasteiger partial charge in [0.1, 0.15) is 0 Å². The average Bonchev–Trinajstić information content (AvgIpc) is 3.35. The van der Waals surface area contributed by atoms with Crippen molar-refractivity contribution in [3.05, 3.63) is 96.7 Å². The lowest BCUT2D eigenvalue weighted by Crippen LogP contribution is -1.94. The van der Waals surface area contributed by atoms with Gasteiger partial charge in [-0.25, -0.2) is 0 Å². The Morgan fingerprint density at radius 1 is 0.656 bits per heavy atom. The van der Waals surface area contributed by atoms with Crippen LogP contribution in [0.3, 0.4) is 0 Å². The standard InChI is InChI=1S/C30H22N2/c1-18(2)26-17-20(16-19-8-3-4-9-21(19)26)28-30-25(14-15-31-28)24-12-7-11-23-22-10-5-6-13-27(22)32(30)29(23)24/h3-18H,1-2H3. The van der Waals surface area contributed by atoms with Crippen LogP contribution < -0.4 is 0 Å². The summed E-state index contributed by atoms with van der Waals surface area (Å²) in [7, 11) is 0. The van der Waals surface area contributed by atoms with Crippen LogP contribution in [0.15, 0.2) is 91.1 Å². The van der Waals surface area contributed by atoms with Crippen molar-refractivity contribution in [2.45, 2.75) is 19.8 Å². The summed E-state index contributed by atoms with van der Waals surface area (Å²) in [6.07, 6.45) is 1.96. The second kappa shape index (κ2) is 6.30. The van der Waals surface area contributed by atoms with Gasteiger partial charge in [-0.15, -0.1) is 0 Å². The van der Waals surface area contributed by atoms with Crippen molar-refractivity contribution in [3.8, 4) is 11.3 Å². The Balaban J connectivity index is 1.69. The number of benzene rings is 4. The molecule has 0 amide bonds. The fourth-order valence-electron chi connectivity index (χ4n) is 5.53. The maximum Gasteiger partial charge on any atom is 0.0949 e. The summed E-state index contributed by atoms with van der Waals surface area (Å²) in [4.78, 5) is 4.96. The molecule has 152 valence electrons. The Morgan fingerprint density at radius 3 is 2.19 bits per heavy atom. The van der Waals surface area contributed by atoms with Gasteiger partial charge in [-0.3, -0.25) is 4.98 Å². The van der Waals surface area contributed by atoms with Crippen LogP contribution in [0.2, 0.25) is 0 Å². The van der Waals surface area contributed by atoms with Gasteiger partial charge in [-0.2, -0.15) is 0 Å². The predicted molar refractivity (Wildman–Crippen MR) is 136 cm³/mol. The molecule has 7 aromatic rings. The number of hydrogen-bond donors (Lipinski definition) is 0. The van der Waals surface area contributed by atoms with Gasteiger partial charge >= 0.3 is 0 Å². The highest BCUT2D eigenvalue weighted by molar-refractivity contribution is 6.24. The van der Waals surface area contributed by atoms with E-state index in [4.69, 9.17) is 4.98 Å². The molecule has 32 heavy (non-hydrogen) atoms. The topological polar surface area (TPSA) is 17.3 Å². The first-order chi connectivity index (χ1) is 15.7. The second-order valence-electron chi connectivity index (χ2n) is 9.05. The fraction of sp³-hybridized carbons (Fsp3) is 0.100. The first-order valence-electron chi connectivity index (χ1n) is 11.3. The molecule has 0 bridgehead atoms. The van der Waals surface area contributed by atoms with E-state index in [0.29, 0.717) is 5.92 Å². The minimum absolute atomic E-state index is 0.438. The third kappa shape index (κ3) is 2.22. The van der Waals surface area contributed by atoms with Crippen LogP contribution in [0.25, 0.3) is 60.1 Å². The zero-order valence-corrected chi connectivity index (χ0v) is 18.1. The minimum atomic E-state index is 0.438. The lowest BCUT2D eigenvalue weighted by molar-refractivity contribution is 0.876. The van der Waals surface area contributed by atoms with Crippen LogP contribution in [-0.2, 0) is 0 Å². The summed E-state index contributed by atoms with van der Waals surface area (Å²) in [6.45, 7) is 4.54. The number of aromatic nitrogens is 2. The Kier molecular flexibility index (Phi) is 3.49. The summed E-state index contributed by atoms with van der Waals surface area (Å²) >= 11 is 0. The van der Waals surface area contributed by atoms with E-state index < -0.39 is 0 Å². The molecule has 0 radical (unpaired) electrons. The van der Waals surface area contributed by atoms with E-state index in [1.54, 1.807) is 0 Å². The first-order valence-corrected chi connectivity index (χ1v) is 11.3. The molecular formula is C30H22N2. The highest BCUT2D eigenvalue weighted by Crippen LogP contribution is 2.42. The van der Waals surface area contributed by atoms with Crippen LogP contribution in [0.4, 0.5) is 0 Å². The Labute approximate surface area is 186 Å². The van der Waals surface area contributed by atoms with Crippen LogP contribution >= 0.6 is 0 Å². The Morgan fingerprint density at radius 2 is 1.34 bits per heavy atom. The molecular weight excluding hydrogens is 388 g/mol. The quantitative estimate of drug-likeness (QED) is 0.281. The smallest absolute Gasteiger partial charge is 0.0949 e. The summed E-state index contributed by atoms with van der Waals surface area (Å²) in [6, 6.07) is 30.9. The van der Waals surface area contributed by atoms with Crippen LogP contribution in [0, 0.1) is 0 Å². The molecule has 0 atom stereocenters. The normalized spacial score (nSPS) is 12.3. The highest BCUT2D eigenvalue weighted by atomic mass is 14.9. The van der Waals surface area contributed by atoms with E-state index in [1.165, 1.54) is 60.0 Å². The molecule has 2 nitrogen and oxygen atoms in total. The molecule has 0 aliphatic heterocycles. The highest BCUT2D eigenvalue weighted by Gasteiger charge is 2.20. The molecule has 0 aliphatic carbocycles. The number of nitrogens with zero attached hydrogens (tertiary/aromatic N) is 2. The summed E-state index contributed by atoms with van der Waals surface area (Å²) in [5.41, 5.74) is 7.34. The fourth-order valence-corrected chi connectivity index (χ4v) is 5.53. The van der Waals surface area contributed by atoms with Crippen molar-refractivity contribution < 1.29 is 0 Å². The zero-order valence-electron chi connectivity index (χ0n) is 18.1.